The lowest BCUT2D eigenvalue weighted by atomic mass is 9.95. The molecule has 0 atom stereocenters. The summed E-state index contributed by atoms with van der Waals surface area (Å²) in [5, 5.41) is 15.8. The van der Waals surface area contributed by atoms with E-state index in [0.29, 0.717) is 12.6 Å². The van der Waals surface area contributed by atoms with Crippen LogP contribution in [0.4, 0.5) is 11.4 Å². The van der Waals surface area contributed by atoms with Gasteiger partial charge in [-0.2, -0.15) is 0 Å². The highest BCUT2D eigenvalue weighted by molar-refractivity contribution is 7.99. The molecule has 0 spiro atoms. The summed E-state index contributed by atoms with van der Waals surface area (Å²) in [6.45, 7) is 2.63. The van der Waals surface area contributed by atoms with Crippen molar-refractivity contribution in [2.24, 2.45) is 0 Å². The maximum absolute atomic E-state index is 12.5. The Morgan fingerprint density at radius 1 is 1.00 bits per heavy atom. The minimum Gasteiger partial charge on any atom is -0.382 e. The van der Waals surface area contributed by atoms with Crippen molar-refractivity contribution in [3.8, 4) is 0 Å². The van der Waals surface area contributed by atoms with Gasteiger partial charge in [-0.05, 0) is 49.6 Å². The number of anilines is 2. The number of aryl methyl sites for hydroxylation is 1. The maximum Gasteiger partial charge on any atom is 0.234 e. The quantitative estimate of drug-likeness (QED) is 0.481. The normalized spacial score (nSPS) is 14.4. The first kappa shape index (κ1) is 21.4. The smallest absolute Gasteiger partial charge is 0.234 e. The number of carbonyl (C=O) groups excluding carboxylic acids is 1. The third-order valence-electron chi connectivity index (χ3n) is 5.56. The van der Waals surface area contributed by atoms with Gasteiger partial charge >= 0.3 is 0 Å². The second-order valence-corrected chi connectivity index (χ2v) is 8.94. The predicted molar refractivity (Wildman–Crippen MR) is 127 cm³/mol. The van der Waals surface area contributed by atoms with Gasteiger partial charge in [0.25, 0.3) is 0 Å². The molecule has 3 aromatic rings. The van der Waals surface area contributed by atoms with Crippen LogP contribution in [-0.4, -0.2) is 32.5 Å². The van der Waals surface area contributed by atoms with E-state index in [-0.39, 0.29) is 11.7 Å². The third-order valence-corrected chi connectivity index (χ3v) is 6.53. The van der Waals surface area contributed by atoms with Gasteiger partial charge in [0.15, 0.2) is 5.16 Å². The highest BCUT2D eigenvalue weighted by atomic mass is 32.2. The SMILES string of the molecule is Cc1nnc(SCC(=O)Nc2ccc(NC3CCCCC3)cc2)n1Cc1ccccc1. The Morgan fingerprint density at radius 3 is 2.45 bits per heavy atom. The van der Waals surface area contributed by atoms with Crippen molar-refractivity contribution >= 4 is 29.0 Å². The molecule has 0 radical (unpaired) electrons. The Bertz CT molecular complexity index is 981. The first-order valence-electron chi connectivity index (χ1n) is 10.9. The molecule has 4 rings (SSSR count). The van der Waals surface area contributed by atoms with E-state index < -0.39 is 0 Å². The Kier molecular flexibility index (Phi) is 7.25. The lowest BCUT2D eigenvalue weighted by Crippen LogP contribution is -2.22. The Morgan fingerprint density at radius 2 is 1.71 bits per heavy atom. The zero-order valence-electron chi connectivity index (χ0n) is 17.9. The molecule has 2 N–H and O–H groups in total. The molecule has 162 valence electrons. The number of thioether (sulfide) groups is 1. The number of amides is 1. The van der Waals surface area contributed by atoms with Crippen molar-refractivity contribution < 1.29 is 4.79 Å². The van der Waals surface area contributed by atoms with Crippen LogP contribution in [0.5, 0.6) is 0 Å². The number of nitrogens with zero attached hydrogens (tertiary/aromatic N) is 3. The fourth-order valence-electron chi connectivity index (χ4n) is 3.88. The van der Waals surface area contributed by atoms with E-state index in [4.69, 9.17) is 0 Å². The molecule has 1 aliphatic carbocycles. The summed E-state index contributed by atoms with van der Waals surface area (Å²) in [5.41, 5.74) is 3.10. The predicted octanol–water partition coefficient (Wildman–Crippen LogP) is 5.11. The van der Waals surface area contributed by atoms with Gasteiger partial charge in [0.05, 0.1) is 12.3 Å². The lowest BCUT2D eigenvalue weighted by Gasteiger charge is -2.23. The molecule has 1 saturated carbocycles. The molecular weight excluding hydrogens is 406 g/mol. The van der Waals surface area contributed by atoms with Crippen molar-refractivity contribution in [2.45, 2.75) is 56.8 Å². The van der Waals surface area contributed by atoms with Gasteiger partial charge in [0.1, 0.15) is 5.82 Å². The number of hydrogen-bond donors (Lipinski definition) is 2. The van der Waals surface area contributed by atoms with E-state index in [0.717, 1.165) is 22.4 Å². The molecule has 1 amide bonds. The van der Waals surface area contributed by atoms with Crippen LogP contribution in [0.3, 0.4) is 0 Å². The Balaban J connectivity index is 1.28. The van der Waals surface area contributed by atoms with Crippen molar-refractivity contribution in [2.75, 3.05) is 16.4 Å². The first-order valence-corrected chi connectivity index (χ1v) is 11.9. The molecule has 2 aromatic carbocycles. The van der Waals surface area contributed by atoms with Gasteiger partial charge < -0.3 is 15.2 Å². The van der Waals surface area contributed by atoms with Gasteiger partial charge in [-0.15, -0.1) is 10.2 Å². The Hall–Kier alpha value is -2.80. The standard InChI is InChI=1S/C24H29N5OS/c1-18-27-28-24(29(18)16-19-8-4-2-5-9-19)31-17-23(30)26-22-14-12-21(13-15-22)25-20-10-6-3-7-11-20/h2,4-5,8-9,12-15,20,25H,3,6-7,10-11,16-17H2,1H3,(H,26,30). The van der Waals surface area contributed by atoms with Gasteiger partial charge in [0.2, 0.25) is 5.91 Å². The van der Waals surface area contributed by atoms with E-state index in [1.165, 1.54) is 49.4 Å². The second kappa shape index (κ2) is 10.5. The zero-order chi connectivity index (χ0) is 21.5. The number of aromatic nitrogens is 3. The summed E-state index contributed by atoms with van der Waals surface area (Å²) in [6.07, 6.45) is 6.45. The van der Waals surface area contributed by atoms with Gasteiger partial charge in [-0.1, -0.05) is 61.4 Å². The van der Waals surface area contributed by atoms with E-state index in [1.807, 2.05) is 54.0 Å². The highest BCUT2D eigenvalue weighted by Crippen LogP contribution is 2.23. The molecule has 6 nitrogen and oxygen atoms in total. The highest BCUT2D eigenvalue weighted by Gasteiger charge is 2.14. The van der Waals surface area contributed by atoms with Crippen LogP contribution in [0.2, 0.25) is 0 Å². The van der Waals surface area contributed by atoms with E-state index in [9.17, 15) is 4.79 Å². The number of carbonyl (C=O) groups is 1. The monoisotopic (exact) mass is 435 g/mol. The zero-order valence-corrected chi connectivity index (χ0v) is 18.7. The molecule has 0 bridgehead atoms. The second-order valence-electron chi connectivity index (χ2n) is 8.00. The lowest BCUT2D eigenvalue weighted by molar-refractivity contribution is -0.113. The third kappa shape index (κ3) is 6.10. The average molecular weight is 436 g/mol. The molecule has 0 aliphatic heterocycles. The summed E-state index contributed by atoms with van der Waals surface area (Å²) in [7, 11) is 0. The largest absolute Gasteiger partial charge is 0.382 e. The molecule has 1 fully saturated rings. The molecular formula is C24H29N5OS. The van der Waals surface area contributed by atoms with E-state index in [1.54, 1.807) is 0 Å². The molecule has 7 heteroatoms. The molecule has 1 aromatic heterocycles. The van der Waals surface area contributed by atoms with E-state index >= 15 is 0 Å². The van der Waals surface area contributed by atoms with Gasteiger partial charge in [0, 0.05) is 17.4 Å². The average Bonchev–Trinajstić information content (AvgIpc) is 3.14. The van der Waals surface area contributed by atoms with Crippen LogP contribution in [0, 0.1) is 6.92 Å². The van der Waals surface area contributed by atoms with Crippen molar-refractivity contribution in [3.63, 3.8) is 0 Å². The van der Waals surface area contributed by atoms with Crippen LogP contribution in [0.15, 0.2) is 59.8 Å². The number of nitrogens with one attached hydrogen (secondary N) is 2. The van der Waals surface area contributed by atoms with Gasteiger partial charge in [-0.25, -0.2) is 0 Å². The fraction of sp³-hybridized carbons (Fsp3) is 0.375. The van der Waals surface area contributed by atoms with Crippen molar-refractivity contribution in [1.82, 2.24) is 14.8 Å². The van der Waals surface area contributed by atoms with Gasteiger partial charge in [-0.3, -0.25) is 4.79 Å². The fourth-order valence-corrected chi connectivity index (χ4v) is 4.66. The molecule has 0 unspecified atom stereocenters. The first-order chi connectivity index (χ1) is 15.2. The molecule has 0 saturated heterocycles. The van der Waals surface area contributed by atoms with E-state index in [2.05, 4.69) is 33.0 Å². The molecule has 1 heterocycles. The van der Waals surface area contributed by atoms with Crippen LogP contribution in [0.1, 0.15) is 43.5 Å². The summed E-state index contributed by atoms with van der Waals surface area (Å²) < 4.78 is 2.04. The minimum atomic E-state index is -0.0510. The maximum atomic E-state index is 12.5. The Labute approximate surface area is 187 Å². The summed E-state index contributed by atoms with van der Waals surface area (Å²) in [6, 6.07) is 18.8. The van der Waals surface area contributed by atoms with Crippen LogP contribution in [-0.2, 0) is 11.3 Å². The molecule has 31 heavy (non-hydrogen) atoms. The topological polar surface area (TPSA) is 71.8 Å². The van der Waals surface area contributed by atoms with Crippen LogP contribution < -0.4 is 10.6 Å². The van der Waals surface area contributed by atoms with Crippen LogP contribution in [0.25, 0.3) is 0 Å². The number of benzene rings is 2. The number of rotatable bonds is 8. The summed E-state index contributed by atoms with van der Waals surface area (Å²) in [5.74, 6) is 1.08. The molecule has 1 aliphatic rings. The number of hydrogen-bond acceptors (Lipinski definition) is 5. The van der Waals surface area contributed by atoms with Crippen molar-refractivity contribution in [1.29, 1.82) is 0 Å². The summed E-state index contributed by atoms with van der Waals surface area (Å²) >= 11 is 1.41. The van der Waals surface area contributed by atoms with Crippen molar-refractivity contribution in [3.05, 3.63) is 66.0 Å². The summed E-state index contributed by atoms with van der Waals surface area (Å²) in [4.78, 5) is 12.5. The van der Waals surface area contributed by atoms with Crippen LogP contribution >= 0.6 is 11.8 Å². The minimum absolute atomic E-state index is 0.0510.